The van der Waals surface area contributed by atoms with Crippen molar-refractivity contribution in [1.29, 1.82) is 0 Å². The van der Waals surface area contributed by atoms with E-state index in [2.05, 4.69) is 82.2 Å². The van der Waals surface area contributed by atoms with Gasteiger partial charge in [0.05, 0.1) is 57.5 Å². The quantitative estimate of drug-likeness (QED) is 0.0300. The molecule has 0 bridgehead atoms. The molecule has 0 spiro atoms. The van der Waals surface area contributed by atoms with Gasteiger partial charge in [-0.25, -0.2) is 15.0 Å². The number of nitrogen functional groups attached to an aromatic ring is 1. The highest BCUT2D eigenvalue weighted by Crippen LogP contribution is 2.34. The number of hydrogen-bond acceptors (Lipinski definition) is 14. The summed E-state index contributed by atoms with van der Waals surface area (Å²) in [5, 5.41) is 13.8. The molecule has 2 fully saturated rings. The van der Waals surface area contributed by atoms with Crippen LogP contribution in [0.1, 0.15) is 50.7 Å². The summed E-state index contributed by atoms with van der Waals surface area (Å²) in [7, 11) is 3.62. The van der Waals surface area contributed by atoms with Gasteiger partial charge in [-0.1, -0.05) is 13.8 Å². The molecule has 79 heavy (non-hydrogen) atoms. The van der Waals surface area contributed by atoms with Crippen molar-refractivity contribution < 1.29 is 45.4 Å². The Kier molecular flexibility index (Phi) is 20.0. The Morgan fingerprint density at radius 1 is 0.684 bits per heavy atom. The first-order chi connectivity index (χ1) is 37.7. The maximum atomic E-state index is 12.8. The number of nitrogens with two attached hydrogens (primary N) is 1. The fraction of sp³-hybridized carbons (Fsp3) is 0.321. The number of benzene rings is 4. The van der Waals surface area contributed by atoms with Gasteiger partial charge in [0.15, 0.2) is 0 Å². The number of halogens is 6. The minimum Gasteiger partial charge on any atom is -0.457 e. The highest BCUT2D eigenvalue weighted by molar-refractivity contribution is 7.78. The molecule has 0 unspecified atom stereocenters. The summed E-state index contributed by atoms with van der Waals surface area (Å²) in [6.45, 7) is 8.99. The summed E-state index contributed by atoms with van der Waals surface area (Å²) in [6.07, 6.45) is -1.03. The number of isothiocyanates is 1. The van der Waals surface area contributed by atoms with Gasteiger partial charge in [0.25, 0.3) is 0 Å². The molecule has 0 saturated carbocycles. The van der Waals surface area contributed by atoms with E-state index in [1.54, 1.807) is 59.4 Å². The fourth-order valence-corrected chi connectivity index (χ4v) is 8.51. The number of carbonyl (C=O) groups is 2. The molecule has 2 amide bonds. The molecule has 0 radical (unpaired) electrons. The van der Waals surface area contributed by atoms with Crippen LogP contribution < -0.4 is 36.5 Å². The zero-order valence-corrected chi connectivity index (χ0v) is 44.6. The number of aromatic nitrogens is 4. The highest BCUT2D eigenvalue weighted by Gasteiger charge is 2.31. The summed E-state index contributed by atoms with van der Waals surface area (Å²) in [6, 6.07) is 26.8. The highest BCUT2D eigenvalue weighted by atomic mass is 32.1. The number of hydrogen-bond donors (Lipinski definition) is 5. The molecule has 2 saturated heterocycles. The van der Waals surface area contributed by atoms with E-state index in [0.29, 0.717) is 82.2 Å². The minimum absolute atomic E-state index is 0.0585. The first-order valence-electron chi connectivity index (χ1n) is 25.3. The predicted octanol–water partition coefficient (Wildman–Crippen LogP) is 12.8. The molecule has 7 aromatic rings. The largest absolute Gasteiger partial charge is 0.457 e. The number of carbonyl (C=O) groups excluding carboxylic acids is 2. The second-order valence-electron chi connectivity index (χ2n) is 19.1. The summed E-state index contributed by atoms with van der Waals surface area (Å²) < 4.78 is 88.3. The molecule has 416 valence electrons. The van der Waals surface area contributed by atoms with Crippen molar-refractivity contribution in [3.05, 3.63) is 133 Å². The molecule has 3 aromatic heterocycles. The summed E-state index contributed by atoms with van der Waals surface area (Å²) in [5.41, 5.74) is 8.30. The number of pyridine rings is 2. The number of amides is 2. The van der Waals surface area contributed by atoms with Crippen molar-refractivity contribution in [2.24, 2.45) is 23.9 Å². The van der Waals surface area contributed by atoms with Crippen LogP contribution in [0.25, 0.3) is 11.0 Å². The molecule has 4 aromatic carbocycles. The third-order valence-electron chi connectivity index (χ3n) is 12.9. The number of ether oxygens (including phenoxy) is 2. The number of imidazole rings is 1. The molecule has 0 aliphatic carbocycles. The minimum atomic E-state index is -4.39. The van der Waals surface area contributed by atoms with Gasteiger partial charge in [0.1, 0.15) is 34.6 Å². The molecule has 16 nitrogen and oxygen atoms in total. The van der Waals surface area contributed by atoms with Gasteiger partial charge in [-0.2, -0.15) is 31.3 Å². The lowest BCUT2D eigenvalue weighted by Gasteiger charge is -2.29. The Morgan fingerprint density at radius 3 is 1.62 bits per heavy atom. The van der Waals surface area contributed by atoms with Crippen LogP contribution in [-0.4, -0.2) is 92.6 Å². The van der Waals surface area contributed by atoms with Crippen molar-refractivity contribution >= 4 is 80.6 Å². The monoisotopic (exact) mass is 1110 g/mol. The van der Waals surface area contributed by atoms with E-state index in [1.165, 1.54) is 24.3 Å². The molecule has 6 N–H and O–H groups in total. The zero-order chi connectivity index (χ0) is 56.7. The van der Waals surface area contributed by atoms with Gasteiger partial charge in [0, 0.05) is 56.4 Å². The number of nitrogens with one attached hydrogen (secondary N) is 4. The second-order valence-corrected chi connectivity index (χ2v) is 19.2. The average molecular weight is 1110 g/mol. The third kappa shape index (κ3) is 17.7. The molecule has 2 aliphatic heterocycles. The molecule has 9 rings (SSSR count). The first-order valence-corrected chi connectivity index (χ1v) is 25.7. The normalized spacial score (nSPS) is 14.4. The number of aryl methyl sites for hydroxylation is 1. The molecular formula is C56H60F6N12O4S. The lowest BCUT2D eigenvalue weighted by atomic mass is 9.99. The number of nitrogens with zero attached hydrogens (tertiary/aromatic N) is 7. The number of piperidine rings is 2. The van der Waals surface area contributed by atoms with E-state index < -0.39 is 23.5 Å². The molecule has 2 aliphatic rings. The van der Waals surface area contributed by atoms with Gasteiger partial charge in [-0.05, 0) is 161 Å². The van der Waals surface area contributed by atoms with Crippen LogP contribution in [0.4, 0.5) is 66.7 Å². The van der Waals surface area contributed by atoms with Gasteiger partial charge in [-0.3, -0.25) is 19.4 Å². The number of thiocarbonyl (C=S) groups is 1. The first kappa shape index (κ1) is 58.6. The van der Waals surface area contributed by atoms with Crippen LogP contribution in [-0.2, 0) is 29.0 Å². The standard InChI is InChI=1S/C28H29F3N6O2.C20H27N5O2.C8H4F3NS/c1-18-10-13-37(14-11-18)17-26(38)35-25-16-22(9-12-32-25)39-21-7-8-24-23(15-21)34-27(36(24)2)33-20-5-3-19(4-6-20)28(29,30)31;1-14-6-9-25(10-7-14)13-20(26)24-19-12-16(5-8-23-19)27-15-3-4-18(22-2)17(21)11-15;9-8(10,11)6-1-3-7(4-2-6)12-5-13/h3-9,12,15-16,18H,10-11,13-14,17H2,1-2H3,(H,33,34)(H,32,35,38);3-5,8,11-12,14,22H,6-7,9-10,13,21H2,1-2H3,(H,23,24,26);1-4H. The van der Waals surface area contributed by atoms with Crippen LogP contribution in [0, 0.1) is 11.8 Å². The number of aliphatic imine (C=N–C) groups is 1. The van der Waals surface area contributed by atoms with E-state index >= 15 is 0 Å². The SMILES string of the molecule is CC1CCN(CC(=O)Nc2cc(Oc3ccc4c(c3)nc(Nc3ccc(C(F)(F)F)cc3)n4C)ccn2)CC1.CNc1ccc(Oc2ccnc(NC(=O)CN3CCC(C)CC3)c2)cc1N.FC(F)(F)c1ccc(N=C=S)cc1. The maximum Gasteiger partial charge on any atom is 0.416 e. The van der Waals surface area contributed by atoms with Gasteiger partial charge in [-0.15, -0.1) is 0 Å². The van der Waals surface area contributed by atoms with Crippen molar-refractivity contribution in [2.45, 2.75) is 51.9 Å². The Morgan fingerprint density at radius 2 is 1.15 bits per heavy atom. The summed E-state index contributed by atoms with van der Waals surface area (Å²) in [5.74, 6) is 4.88. The summed E-state index contributed by atoms with van der Waals surface area (Å²) in [4.78, 5) is 45.7. The Labute approximate surface area is 458 Å². The number of fused-ring (bicyclic) bond motifs is 1. The van der Waals surface area contributed by atoms with Crippen molar-refractivity contribution in [1.82, 2.24) is 29.3 Å². The van der Waals surface area contributed by atoms with Crippen LogP contribution in [0.5, 0.6) is 23.0 Å². The number of anilines is 6. The van der Waals surface area contributed by atoms with Crippen LogP contribution >= 0.6 is 12.2 Å². The molecular weight excluding hydrogens is 1050 g/mol. The maximum absolute atomic E-state index is 12.8. The van der Waals surface area contributed by atoms with E-state index in [-0.39, 0.29) is 11.8 Å². The van der Waals surface area contributed by atoms with Crippen LogP contribution in [0.3, 0.4) is 0 Å². The summed E-state index contributed by atoms with van der Waals surface area (Å²) >= 11 is 4.30. The number of rotatable bonds is 14. The lowest BCUT2D eigenvalue weighted by molar-refractivity contribution is -0.138. The number of alkyl halides is 6. The average Bonchev–Trinajstić information content (AvgIpc) is 3.72. The molecule has 23 heteroatoms. The van der Waals surface area contributed by atoms with E-state index in [4.69, 9.17) is 15.2 Å². The fourth-order valence-electron chi connectivity index (χ4n) is 8.41. The Hall–Kier alpha value is -8.11. The zero-order valence-electron chi connectivity index (χ0n) is 43.8. The van der Waals surface area contributed by atoms with Crippen molar-refractivity contribution in [2.75, 3.05) is 73.3 Å². The van der Waals surface area contributed by atoms with E-state index in [9.17, 15) is 35.9 Å². The third-order valence-corrected chi connectivity index (χ3v) is 13.0. The van der Waals surface area contributed by atoms with Gasteiger partial charge in [0.2, 0.25) is 17.8 Å². The van der Waals surface area contributed by atoms with E-state index in [0.717, 1.165) is 93.2 Å². The van der Waals surface area contributed by atoms with E-state index in [1.807, 2.05) is 32.3 Å². The van der Waals surface area contributed by atoms with Gasteiger partial charge >= 0.3 is 12.4 Å². The van der Waals surface area contributed by atoms with Crippen LogP contribution in [0.2, 0.25) is 0 Å². The molecule has 5 heterocycles. The number of likely N-dealkylation sites (tertiary alicyclic amines) is 2. The van der Waals surface area contributed by atoms with Gasteiger partial charge < -0.3 is 41.0 Å². The topological polar surface area (TPSA) is 189 Å². The lowest BCUT2D eigenvalue weighted by Crippen LogP contribution is -2.38. The van der Waals surface area contributed by atoms with Crippen molar-refractivity contribution in [3.8, 4) is 23.0 Å². The van der Waals surface area contributed by atoms with Crippen LogP contribution in [0.15, 0.2) is 127 Å². The smallest absolute Gasteiger partial charge is 0.416 e. The Bertz CT molecular complexity index is 3210. The predicted molar refractivity (Wildman–Crippen MR) is 298 cm³/mol. The van der Waals surface area contributed by atoms with Crippen molar-refractivity contribution in [3.63, 3.8) is 0 Å². The second kappa shape index (κ2) is 27.0. The molecule has 0 atom stereocenters. The Balaban J connectivity index is 0.000000194.